The average Bonchev–Trinajstić information content (AvgIpc) is 3.46. The van der Waals surface area contributed by atoms with Crippen molar-refractivity contribution >= 4 is 27.7 Å². The van der Waals surface area contributed by atoms with Crippen molar-refractivity contribution in [2.45, 2.75) is 69.7 Å². The van der Waals surface area contributed by atoms with Gasteiger partial charge in [0, 0.05) is 25.7 Å². The van der Waals surface area contributed by atoms with E-state index in [1.165, 1.54) is 6.08 Å². The van der Waals surface area contributed by atoms with Gasteiger partial charge in [0.25, 0.3) is 0 Å². The second-order valence-corrected chi connectivity index (χ2v) is 13.1. The van der Waals surface area contributed by atoms with Gasteiger partial charge in [-0.3, -0.25) is 15.0 Å². The summed E-state index contributed by atoms with van der Waals surface area (Å²) in [6.45, 7) is 5.05. The van der Waals surface area contributed by atoms with E-state index in [0.29, 0.717) is 26.2 Å². The Morgan fingerprint density at radius 3 is 2.38 bits per heavy atom. The van der Waals surface area contributed by atoms with E-state index in [4.69, 9.17) is 24.9 Å². The summed E-state index contributed by atoms with van der Waals surface area (Å²) in [5, 5.41) is 0. The molecule has 2 aliphatic heterocycles. The number of rotatable bonds is 14. The van der Waals surface area contributed by atoms with Crippen molar-refractivity contribution in [2.75, 3.05) is 26.1 Å². The molecule has 3 rings (SSSR count). The van der Waals surface area contributed by atoms with Crippen LogP contribution in [0.1, 0.15) is 57.9 Å². The maximum absolute atomic E-state index is 14.1. The summed E-state index contributed by atoms with van der Waals surface area (Å²) in [4.78, 5) is 32.9. The molecule has 4 N–H and O–H groups in total. The summed E-state index contributed by atoms with van der Waals surface area (Å²) in [6.07, 6.45) is 5.62. The molecular formula is C28H43N3O8S. The van der Waals surface area contributed by atoms with Crippen molar-refractivity contribution < 1.29 is 37.1 Å². The van der Waals surface area contributed by atoms with E-state index in [1.54, 1.807) is 6.08 Å². The van der Waals surface area contributed by atoms with Gasteiger partial charge in [-0.05, 0) is 37.2 Å². The first-order valence-electron chi connectivity index (χ1n) is 13.8. The van der Waals surface area contributed by atoms with Gasteiger partial charge < -0.3 is 14.2 Å². The fraction of sp³-hybridized carbons (Fsp3) is 0.643. The van der Waals surface area contributed by atoms with Gasteiger partial charge in [0.2, 0.25) is 11.8 Å². The monoisotopic (exact) mass is 581 g/mol. The molecule has 11 nitrogen and oxygen atoms in total. The van der Waals surface area contributed by atoms with Crippen LogP contribution in [0.4, 0.5) is 0 Å². The van der Waals surface area contributed by atoms with Crippen LogP contribution < -0.4 is 16.7 Å². The predicted molar refractivity (Wildman–Crippen MR) is 150 cm³/mol. The van der Waals surface area contributed by atoms with Crippen molar-refractivity contribution in [1.29, 1.82) is 0 Å². The molecule has 1 aromatic rings. The minimum Gasteiger partial charge on any atom is -0.350 e. The number of benzene rings is 1. The topological polar surface area (TPSA) is 155 Å². The fourth-order valence-electron chi connectivity index (χ4n) is 5.35. The van der Waals surface area contributed by atoms with E-state index in [0.717, 1.165) is 24.7 Å². The maximum atomic E-state index is 14.1. The Morgan fingerprint density at radius 1 is 1.10 bits per heavy atom. The molecule has 0 aliphatic carbocycles. The van der Waals surface area contributed by atoms with Crippen molar-refractivity contribution in [3.8, 4) is 0 Å². The molecule has 0 spiro atoms. The molecule has 2 amide bonds. The molecule has 2 saturated heterocycles. The molecule has 2 aliphatic rings. The summed E-state index contributed by atoms with van der Waals surface area (Å²) < 4.78 is 42.7. The van der Waals surface area contributed by atoms with E-state index < -0.39 is 50.8 Å². The SMILES string of the molecule is CC(C)C[C@@H](C(=O)NN)[C@@H](C(=O)NOC1CCCCO1)C(/C=C/c1ccccc1)(CCC1OCCO1)S(C)(=O)=O. The van der Waals surface area contributed by atoms with Crippen LogP contribution in [0.5, 0.6) is 0 Å². The van der Waals surface area contributed by atoms with Crippen molar-refractivity contribution in [3.05, 3.63) is 42.0 Å². The zero-order valence-corrected chi connectivity index (χ0v) is 24.4. The number of ether oxygens (including phenoxy) is 3. The van der Waals surface area contributed by atoms with Gasteiger partial charge in [-0.2, -0.15) is 0 Å². The molecule has 0 aromatic heterocycles. The third-order valence-electron chi connectivity index (χ3n) is 7.35. The Morgan fingerprint density at radius 2 is 1.80 bits per heavy atom. The third kappa shape index (κ3) is 8.58. The van der Waals surface area contributed by atoms with Gasteiger partial charge in [-0.15, -0.1) is 0 Å². The second-order valence-electron chi connectivity index (χ2n) is 10.8. The zero-order valence-electron chi connectivity index (χ0n) is 23.5. The van der Waals surface area contributed by atoms with Gasteiger partial charge in [-0.1, -0.05) is 56.3 Å². The minimum absolute atomic E-state index is 0.0513. The molecule has 2 fully saturated rings. The van der Waals surface area contributed by atoms with E-state index >= 15 is 0 Å². The Bertz CT molecular complexity index is 1090. The van der Waals surface area contributed by atoms with Crippen molar-refractivity contribution in [1.82, 2.24) is 10.9 Å². The van der Waals surface area contributed by atoms with Crippen LogP contribution in [-0.4, -0.2) is 63.6 Å². The number of hydrogen-bond donors (Lipinski definition) is 3. The van der Waals surface area contributed by atoms with E-state index in [9.17, 15) is 18.0 Å². The highest BCUT2D eigenvalue weighted by Crippen LogP contribution is 2.42. The lowest BCUT2D eigenvalue weighted by molar-refractivity contribution is -0.203. The van der Waals surface area contributed by atoms with E-state index in [2.05, 4.69) is 10.9 Å². The van der Waals surface area contributed by atoms with Gasteiger partial charge in [-0.25, -0.2) is 24.6 Å². The number of hydroxylamine groups is 1. The normalized spacial score (nSPS) is 21.7. The molecule has 40 heavy (non-hydrogen) atoms. The third-order valence-corrected chi connectivity index (χ3v) is 9.33. The van der Waals surface area contributed by atoms with Gasteiger partial charge in [0.1, 0.15) is 4.75 Å². The summed E-state index contributed by atoms with van der Waals surface area (Å²) >= 11 is 0. The van der Waals surface area contributed by atoms with Crippen LogP contribution in [0.3, 0.4) is 0 Å². The summed E-state index contributed by atoms with van der Waals surface area (Å²) in [5.41, 5.74) is 5.33. The highest BCUT2D eigenvalue weighted by molar-refractivity contribution is 7.92. The van der Waals surface area contributed by atoms with E-state index in [-0.39, 0.29) is 25.2 Å². The molecule has 0 bridgehead atoms. The number of sulfone groups is 1. The van der Waals surface area contributed by atoms with Crippen LogP contribution in [0.25, 0.3) is 6.08 Å². The first-order chi connectivity index (χ1) is 19.1. The van der Waals surface area contributed by atoms with Crippen LogP contribution in [0, 0.1) is 17.8 Å². The zero-order chi connectivity index (χ0) is 29.2. The molecule has 2 heterocycles. The number of nitrogens with two attached hydrogens (primary N) is 1. The van der Waals surface area contributed by atoms with Crippen molar-refractivity contribution in [3.63, 3.8) is 0 Å². The maximum Gasteiger partial charge on any atom is 0.249 e. The van der Waals surface area contributed by atoms with Gasteiger partial charge in [0.15, 0.2) is 22.4 Å². The van der Waals surface area contributed by atoms with Crippen LogP contribution >= 0.6 is 0 Å². The Kier molecular flexibility index (Phi) is 12.1. The van der Waals surface area contributed by atoms with Gasteiger partial charge in [0.05, 0.1) is 25.0 Å². The highest BCUT2D eigenvalue weighted by atomic mass is 32.2. The Balaban J connectivity index is 2.13. The average molecular weight is 582 g/mol. The van der Waals surface area contributed by atoms with Crippen molar-refractivity contribution in [2.24, 2.45) is 23.6 Å². The van der Waals surface area contributed by atoms with Crippen LogP contribution in [-0.2, 0) is 38.5 Å². The lowest BCUT2D eigenvalue weighted by Gasteiger charge is -2.40. The van der Waals surface area contributed by atoms with Gasteiger partial charge >= 0.3 is 0 Å². The lowest BCUT2D eigenvalue weighted by Crippen LogP contribution is -2.57. The molecule has 224 valence electrons. The highest BCUT2D eigenvalue weighted by Gasteiger charge is 2.54. The summed E-state index contributed by atoms with van der Waals surface area (Å²) in [7, 11) is -4.06. The summed E-state index contributed by atoms with van der Waals surface area (Å²) in [6, 6.07) is 9.15. The number of carbonyl (C=O) groups is 2. The quantitative estimate of drug-likeness (QED) is 0.171. The largest absolute Gasteiger partial charge is 0.350 e. The molecule has 1 aromatic carbocycles. The molecule has 12 heteroatoms. The minimum atomic E-state index is -4.06. The Labute approximate surface area is 237 Å². The molecule has 0 saturated carbocycles. The number of hydrazine groups is 1. The first kappa shape index (κ1) is 32.2. The second kappa shape index (κ2) is 15.0. The number of nitrogens with one attached hydrogen (secondary N) is 2. The first-order valence-corrected chi connectivity index (χ1v) is 15.7. The Hall–Kier alpha value is -2.35. The van der Waals surface area contributed by atoms with Crippen LogP contribution in [0.2, 0.25) is 0 Å². The predicted octanol–water partition coefficient (Wildman–Crippen LogP) is 2.48. The smallest absolute Gasteiger partial charge is 0.249 e. The number of carbonyl (C=O) groups excluding carboxylic acids is 2. The molecule has 2 unspecified atom stereocenters. The van der Waals surface area contributed by atoms with Crippen LogP contribution in [0.15, 0.2) is 36.4 Å². The lowest BCUT2D eigenvalue weighted by atomic mass is 9.73. The number of hydrogen-bond acceptors (Lipinski definition) is 9. The number of amides is 2. The fourth-order valence-corrected chi connectivity index (χ4v) is 6.88. The van der Waals surface area contributed by atoms with E-state index in [1.807, 2.05) is 44.2 Å². The molecular weight excluding hydrogens is 538 g/mol. The molecule has 4 atom stereocenters. The standard InChI is InChI=1S/C28H43N3O8S/c1-20(2)19-22(26(32)30-29)25(27(33)31-39-24-11-7-8-16-36-24)28(40(3,34)35,15-13-23-37-17-18-38-23)14-12-21-9-5-4-6-10-21/h4-6,9-10,12,14,20,22-25H,7-8,11,13,15-19,29H2,1-3H3,(H,30,32)(H,31,33)/b14-12+/t22-,24?,25+,28?/m1/s1. The summed E-state index contributed by atoms with van der Waals surface area (Å²) in [5.74, 6) is 1.63. The molecule has 0 radical (unpaired) electrons.